The highest BCUT2D eigenvalue weighted by Crippen LogP contribution is 2.37. The van der Waals surface area contributed by atoms with Crippen LogP contribution in [0.1, 0.15) is 31.1 Å². The van der Waals surface area contributed by atoms with Crippen LogP contribution >= 0.6 is 0 Å². The van der Waals surface area contributed by atoms with Crippen LogP contribution in [0, 0.1) is 0 Å². The molecular formula is C18H25N3O7. The SMILES string of the molecule is COc1cc(C(=O)N(CCNC(C)=O)C(C)C(=O)O)cc(NC(C)=O)c1OC. The van der Waals surface area contributed by atoms with Gasteiger partial charge in [0.2, 0.25) is 11.8 Å². The molecule has 0 spiro atoms. The molecule has 0 bridgehead atoms. The molecule has 0 aromatic heterocycles. The maximum absolute atomic E-state index is 13.0. The van der Waals surface area contributed by atoms with E-state index < -0.39 is 17.9 Å². The fourth-order valence-corrected chi connectivity index (χ4v) is 2.49. The van der Waals surface area contributed by atoms with Crippen molar-refractivity contribution in [2.24, 2.45) is 0 Å². The molecule has 1 unspecified atom stereocenters. The Kier molecular flexibility index (Phi) is 8.24. The van der Waals surface area contributed by atoms with Crippen LogP contribution in [0.15, 0.2) is 12.1 Å². The Morgan fingerprint density at radius 1 is 1.11 bits per heavy atom. The number of anilines is 1. The maximum Gasteiger partial charge on any atom is 0.326 e. The maximum atomic E-state index is 13.0. The minimum atomic E-state index is -1.20. The summed E-state index contributed by atoms with van der Waals surface area (Å²) in [7, 11) is 2.76. The molecule has 0 aliphatic rings. The summed E-state index contributed by atoms with van der Waals surface area (Å²) in [6.07, 6.45) is 0. The van der Waals surface area contributed by atoms with Gasteiger partial charge in [-0.2, -0.15) is 0 Å². The van der Waals surface area contributed by atoms with E-state index in [-0.39, 0.29) is 47.7 Å². The summed E-state index contributed by atoms with van der Waals surface area (Å²) in [5.41, 5.74) is 0.305. The van der Waals surface area contributed by atoms with Crippen LogP contribution in [0.4, 0.5) is 5.69 Å². The Labute approximate surface area is 162 Å². The van der Waals surface area contributed by atoms with E-state index in [9.17, 15) is 24.3 Å². The zero-order chi connectivity index (χ0) is 21.4. The van der Waals surface area contributed by atoms with Crippen molar-refractivity contribution in [1.82, 2.24) is 10.2 Å². The van der Waals surface area contributed by atoms with Crippen molar-refractivity contribution < 1.29 is 33.8 Å². The van der Waals surface area contributed by atoms with E-state index in [1.807, 2.05) is 0 Å². The molecule has 0 aliphatic heterocycles. The van der Waals surface area contributed by atoms with Crippen LogP contribution < -0.4 is 20.1 Å². The van der Waals surface area contributed by atoms with Gasteiger partial charge in [-0.3, -0.25) is 14.4 Å². The highest BCUT2D eigenvalue weighted by atomic mass is 16.5. The second-order valence-electron chi connectivity index (χ2n) is 5.94. The van der Waals surface area contributed by atoms with E-state index in [0.717, 1.165) is 4.90 Å². The van der Waals surface area contributed by atoms with Gasteiger partial charge in [0.15, 0.2) is 11.5 Å². The minimum Gasteiger partial charge on any atom is -0.493 e. The first-order valence-corrected chi connectivity index (χ1v) is 8.44. The summed E-state index contributed by atoms with van der Waals surface area (Å²) in [6, 6.07) is 1.64. The molecule has 154 valence electrons. The van der Waals surface area contributed by atoms with E-state index >= 15 is 0 Å². The number of nitrogens with zero attached hydrogens (tertiary/aromatic N) is 1. The molecule has 0 heterocycles. The van der Waals surface area contributed by atoms with Gasteiger partial charge in [0, 0.05) is 32.5 Å². The molecule has 3 N–H and O–H groups in total. The predicted molar refractivity (Wildman–Crippen MR) is 101 cm³/mol. The monoisotopic (exact) mass is 395 g/mol. The predicted octanol–water partition coefficient (Wildman–Crippen LogP) is 0.714. The van der Waals surface area contributed by atoms with Gasteiger partial charge < -0.3 is 30.1 Å². The van der Waals surface area contributed by atoms with Crippen LogP contribution in [-0.2, 0) is 14.4 Å². The molecule has 1 aromatic rings. The zero-order valence-electron chi connectivity index (χ0n) is 16.5. The standard InChI is InChI=1S/C18H25N3O7/c1-10(18(25)26)21(7-6-19-11(2)22)17(24)13-8-14(20-12(3)23)16(28-5)15(9-13)27-4/h8-10H,6-7H2,1-5H3,(H,19,22)(H,20,23)(H,25,26). The number of carboxylic acids is 1. The molecule has 0 saturated carbocycles. The van der Waals surface area contributed by atoms with Crippen LogP contribution in [-0.4, -0.2) is 67.0 Å². The Morgan fingerprint density at radius 2 is 1.75 bits per heavy atom. The first kappa shape index (κ1) is 22.7. The fourth-order valence-electron chi connectivity index (χ4n) is 2.49. The van der Waals surface area contributed by atoms with E-state index in [1.54, 1.807) is 0 Å². The molecule has 1 aromatic carbocycles. The van der Waals surface area contributed by atoms with Gasteiger partial charge >= 0.3 is 5.97 Å². The molecule has 1 rings (SSSR count). The number of carbonyl (C=O) groups is 4. The largest absolute Gasteiger partial charge is 0.493 e. The number of aliphatic carboxylic acids is 1. The lowest BCUT2D eigenvalue weighted by Crippen LogP contribution is -2.46. The van der Waals surface area contributed by atoms with Gasteiger partial charge in [-0.05, 0) is 19.1 Å². The highest BCUT2D eigenvalue weighted by molar-refractivity contribution is 6.00. The normalized spacial score (nSPS) is 11.2. The molecule has 0 saturated heterocycles. The van der Waals surface area contributed by atoms with Crippen molar-refractivity contribution in [1.29, 1.82) is 0 Å². The second kappa shape index (κ2) is 10.1. The molecule has 10 heteroatoms. The van der Waals surface area contributed by atoms with Gasteiger partial charge in [-0.25, -0.2) is 4.79 Å². The molecule has 0 fully saturated rings. The lowest BCUT2D eigenvalue weighted by molar-refractivity contribution is -0.141. The number of benzene rings is 1. The Bertz CT molecular complexity index is 764. The summed E-state index contributed by atoms with van der Waals surface area (Å²) < 4.78 is 10.5. The first-order chi connectivity index (χ1) is 13.1. The third-order valence-electron chi connectivity index (χ3n) is 3.85. The number of rotatable bonds is 9. The molecule has 0 radical (unpaired) electrons. The average molecular weight is 395 g/mol. The fraction of sp³-hybridized carbons (Fsp3) is 0.444. The van der Waals surface area contributed by atoms with E-state index in [1.165, 1.54) is 47.1 Å². The van der Waals surface area contributed by atoms with Crippen molar-refractivity contribution >= 4 is 29.4 Å². The van der Waals surface area contributed by atoms with Crippen molar-refractivity contribution in [3.8, 4) is 11.5 Å². The molecule has 0 aliphatic carbocycles. The van der Waals surface area contributed by atoms with Crippen LogP contribution in [0.2, 0.25) is 0 Å². The van der Waals surface area contributed by atoms with Gasteiger partial charge in [-0.15, -0.1) is 0 Å². The molecule has 10 nitrogen and oxygen atoms in total. The second-order valence-corrected chi connectivity index (χ2v) is 5.94. The topological polar surface area (TPSA) is 134 Å². The smallest absolute Gasteiger partial charge is 0.326 e. The molecular weight excluding hydrogens is 370 g/mol. The lowest BCUT2D eigenvalue weighted by atomic mass is 10.1. The summed E-state index contributed by atoms with van der Waals surface area (Å²) in [5, 5.41) is 14.4. The van der Waals surface area contributed by atoms with Crippen molar-refractivity contribution in [2.45, 2.75) is 26.8 Å². The van der Waals surface area contributed by atoms with Gasteiger partial charge in [0.05, 0.1) is 19.9 Å². The summed E-state index contributed by atoms with van der Waals surface area (Å²) in [6.45, 7) is 4.05. The van der Waals surface area contributed by atoms with Gasteiger partial charge in [0.1, 0.15) is 6.04 Å². The highest BCUT2D eigenvalue weighted by Gasteiger charge is 2.28. The number of hydrogen-bond acceptors (Lipinski definition) is 6. The lowest BCUT2D eigenvalue weighted by Gasteiger charge is -2.27. The van der Waals surface area contributed by atoms with Gasteiger partial charge in [-0.1, -0.05) is 0 Å². The Hall–Kier alpha value is -3.30. The van der Waals surface area contributed by atoms with Crippen LogP contribution in [0.5, 0.6) is 11.5 Å². The van der Waals surface area contributed by atoms with Crippen LogP contribution in [0.25, 0.3) is 0 Å². The number of carbonyl (C=O) groups excluding carboxylic acids is 3. The quantitative estimate of drug-likeness (QED) is 0.561. The van der Waals surface area contributed by atoms with E-state index in [2.05, 4.69) is 10.6 Å². The molecule has 1 atom stereocenters. The minimum absolute atomic E-state index is 0.0182. The number of carboxylic acid groups (broad SMARTS) is 1. The van der Waals surface area contributed by atoms with Crippen molar-refractivity contribution in [3.05, 3.63) is 17.7 Å². The van der Waals surface area contributed by atoms with Crippen LogP contribution in [0.3, 0.4) is 0 Å². The molecule has 28 heavy (non-hydrogen) atoms. The molecule has 3 amide bonds. The van der Waals surface area contributed by atoms with Crippen molar-refractivity contribution in [3.63, 3.8) is 0 Å². The van der Waals surface area contributed by atoms with Gasteiger partial charge in [0.25, 0.3) is 5.91 Å². The summed E-state index contributed by atoms with van der Waals surface area (Å²) >= 11 is 0. The van der Waals surface area contributed by atoms with E-state index in [0.29, 0.717) is 0 Å². The first-order valence-electron chi connectivity index (χ1n) is 8.44. The number of ether oxygens (including phenoxy) is 2. The number of methoxy groups -OCH3 is 2. The number of amides is 3. The van der Waals surface area contributed by atoms with E-state index in [4.69, 9.17) is 9.47 Å². The van der Waals surface area contributed by atoms with Crippen molar-refractivity contribution in [2.75, 3.05) is 32.6 Å². The zero-order valence-corrected chi connectivity index (χ0v) is 16.5. The summed E-state index contributed by atoms with van der Waals surface area (Å²) in [4.78, 5) is 48.1. The number of nitrogens with one attached hydrogen (secondary N) is 2. The number of hydrogen-bond donors (Lipinski definition) is 3. The Balaban J connectivity index is 3.34. The third-order valence-corrected chi connectivity index (χ3v) is 3.85. The third kappa shape index (κ3) is 5.86. The average Bonchev–Trinajstić information content (AvgIpc) is 2.62. The Morgan fingerprint density at radius 3 is 2.21 bits per heavy atom. The summed E-state index contributed by atoms with van der Waals surface area (Å²) in [5.74, 6) is -2.06.